The molecule has 2 heterocycles. The molecule has 4 rings (SSSR count). The molecule has 3 atom stereocenters. The summed E-state index contributed by atoms with van der Waals surface area (Å²) >= 11 is 1.04. The van der Waals surface area contributed by atoms with Crippen LogP contribution in [0.5, 0.6) is 5.75 Å². The smallest absolute Gasteiger partial charge is 0.315 e. The summed E-state index contributed by atoms with van der Waals surface area (Å²) in [4.78, 5) is 26.1. The predicted octanol–water partition coefficient (Wildman–Crippen LogP) is 4.11. The number of furan rings is 1. The lowest BCUT2D eigenvalue weighted by Gasteiger charge is -2.44. The molecule has 1 aliphatic heterocycles. The molecular weight excluding hydrogens is 506 g/mol. The first-order chi connectivity index (χ1) is 18.4. The van der Waals surface area contributed by atoms with E-state index in [0.717, 1.165) is 11.8 Å². The van der Waals surface area contributed by atoms with Gasteiger partial charge < -0.3 is 29.6 Å². The van der Waals surface area contributed by atoms with Crippen LogP contribution in [0, 0.1) is 17.2 Å². The van der Waals surface area contributed by atoms with Gasteiger partial charge >= 0.3 is 5.97 Å². The summed E-state index contributed by atoms with van der Waals surface area (Å²) in [7, 11) is 1.54. The zero-order chi connectivity index (χ0) is 27.1. The number of ether oxygens (including phenoxy) is 2. The fraction of sp³-hybridized carbons (Fsp3) is 0.250. The van der Waals surface area contributed by atoms with Gasteiger partial charge in [0.1, 0.15) is 17.4 Å². The zero-order valence-corrected chi connectivity index (χ0v) is 21.7. The molecule has 38 heavy (non-hydrogen) atoms. The Morgan fingerprint density at radius 3 is 2.63 bits per heavy atom. The number of methoxy groups -OCH3 is 1. The topological polar surface area (TPSA) is 134 Å². The largest absolute Gasteiger partial charge is 0.497 e. The highest BCUT2D eigenvalue weighted by Crippen LogP contribution is 2.49. The van der Waals surface area contributed by atoms with E-state index in [-0.39, 0.29) is 28.9 Å². The number of allylic oxidation sites excluding steroid dienone is 1. The van der Waals surface area contributed by atoms with Crippen LogP contribution in [0.1, 0.15) is 24.2 Å². The monoisotopic (exact) mass is 533 g/mol. The van der Waals surface area contributed by atoms with Crippen LogP contribution >= 0.6 is 11.8 Å². The predicted molar refractivity (Wildman–Crippen MR) is 142 cm³/mol. The highest BCUT2D eigenvalue weighted by Gasteiger charge is 2.55. The number of hydrogen-bond acceptors (Lipinski definition) is 9. The van der Waals surface area contributed by atoms with Crippen LogP contribution in [0.3, 0.4) is 0 Å². The molecule has 0 saturated heterocycles. The van der Waals surface area contributed by atoms with Crippen molar-refractivity contribution in [3.8, 4) is 11.8 Å². The summed E-state index contributed by atoms with van der Waals surface area (Å²) in [5, 5.41) is 28.3. The first kappa shape index (κ1) is 26.9. The zero-order valence-electron chi connectivity index (χ0n) is 20.8. The number of nitriles is 1. The first-order valence-corrected chi connectivity index (χ1v) is 12.9. The van der Waals surface area contributed by atoms with Crippen LogP contribution < -0.4 is 15.4 Å². The molecule has 0 radical (unpaired) electrons. The van der Waals surface area contributed by atoms with Crippen LogP contribution in [-0.2, 0) is 20.1 Å². The molecule has 9 nitrogen and oxygen atoms in total. The summed E-state index contributed by atoms with van der Waals surface area (Å²) in [6.45, 7) is 1.75. The number of esters is 1. The average molecular weight is 534 g/mol. The number of carbonyl (C=O) groups excluding carboxylic acids is 2. The van der Waals surface area contributed by atoms with Gasteiger partial charge in [-0.15, -0.1) is 0 Å². The highest BCUT2D eigenvalue weighted by atomic mass is 32.2. The summed E-state index contributed by atoms with van der Waals surface area (Å²) < 4.78 is 16.2. The molecule has 1 aliphatic rings. The number of nitrogens with zero attached hydrogens (tertiary/aromatic N) is 1. The minimum Gasteiger partial charge on any atom is -0.497 e. The second kappa shape index (κ2) is 11.9. The van der Waals surface area contributed by atoms with Crippen molar-refractivity contribution >= 4 is 29.3 Å². The van der Waals surface area contributed by atoms with Crippen molar-refractivity contribution in [1.82, 2.24) is 5.32 Å². The lowest BCUT2D eigenvalue weighted by molar-refractivity contribution is -0.164. The Morgan fingerprint density at radius 2 is 1.97 bits per heavy atom. The summed E-state index contributed by atoms with van der Waals surface area (Å²) in [5.41, 5.74) is -0.863. The maximum absolute atomic E-state index is 13.3. The molecule has 0 saturated carbocycles. The van der Waals surface area contributed by atoms with E-state index in [0.29, 0.717) is 22.8 Å². The second-order valence-corrected chi connectivity index (χ2v) is 9.39. The van der Waals surface area contributed by atoms with Gasteiger partial charge in [-0.3, -0.25) is 9.59 Å². The fourth-order valence-electron chi connectivity index (χ4n) is 4.39. The summed E-state index contributed by atoms with van der Waals surface area (Å²) in [6.07, 6.45) is 1.44. The van der Waals surface area contributed by atoms with Crippen LogP contribution in [0.2, 0.25) is 0 Å². The van der Waals surface area contributed by atoms with E-state index in [2.05, 4.69) is 16.7 Å². The second-order valence-electron chi connectivity index (χ2n) is 8.40. The quantitative estimate of drug-likeness (QED) is 0.348. The van der Waals surface area contributed by atoms with E-state index in [4.69, 9.17) is 13.9 Å². The standard InChI is InChI=1S/C28H27N3O6S/c1-3-36-27(33)25-24(22-13-8-14-37-22)21(16-29)26(31-28(25,34)18-9-5-4-6-10-18)38-17-23(32)30-19-11-7-12-20(15-19)35-2/h4-15,24-25,31,34H,3,17H2,1-2H3,(H,30,32)/t24-,25+,28-/m1/s1. The number of benzene rings is 2. The van der Waals surface area contributed by atoms with Crippen LogP contribution in [0.15, 0.2) is 88.0 Å². The van der Waals surface area contributed by atoms with Gasteiger partial charge in [0.2, 0.25) is 5.91 Å². The Kier molecular flexibility index (Phi) is 8.41. The molecule has 0 aliphatic carbocycles. The van der Waals surface area contributed by atoms with Gasteiger partial charge in [-0.1, -0.05) is 48.2 Å². The fourth-order valence-corrected chi connectivity index (χ4v) is 5.30. The van der Waals surface area contributed by atoms with Crippen molar-refractivity contribution in [2.45, 2.75) is 18.6 Å². The van der Waals surface area contributed by atoms with Crippen LogP contribution in [0.4, 0.5) is 5.69 Å². The molecule has 10 heteroatoms. The summed E-state index contributed by atoms with van der Waals surface area (Å²) in [5.74, 6) is -2.41. The third-order valence-electron chi connectivity index (χ3n) is 6.07. The van der Waals surface area contributed by atoms with Gasteiger partial charge in [-0.05, 0) is 31.2 Å². The van der Waals surface area contributed by atoms with Crippen molar-refractivity contribution in [1.29, 1.82) is 5.26 Å². The third-order valence-corrected chi connectivity index (χ3v) is 7.09. The molecule has 1 amide bonds. The SMILES string of the molecule is CCOC(=O)[C@@H]1[C@@H](c2ccco2)C(C#N)=C(SCC(=O)Nc2cccc(OC)c2)N[C@@]1(O)c1ccccc1. The first-order valence-electron chi connectivity index (χ1n) is 11.9. The molecule has 0 bridgehead atoms. The Bertz CT molecular complexity index is 1350. The maximum Gasteiger partial charge on any atom is 0.315 e. The molecule has 0 spiro atoms. The van der Waals surface area contributed by atoms with Crippen LogP contribution in [-0.4, -0.2) is 36.5 Å². The highest BCUT2D eigenvalue weighted by molar-refractivity contribution is 8.03. The molecule has 1 aromatic heterocycles. The van der Waals surface area contributed by atoms with Gasteiger partial charge in [0.25, 0.3) is 0 Å². The van der Waals surface area contributed by atoms with E-state index < -0.39 is 23.5 Å². The number of nitrogens with one attached hydrogen (secondary N) is 2. The van der Waals surface area contributed by atoms with E-state index in [1.165, 1.54) is 13.4 Å². The molecular formula is C28H27N3O6S. The van der Waals surface area contributed by atoms with Crippen molar-refractivity contribution in [3.05, 3.63) is 94.9 Å². The number of thioether (sulfide) groups is 1. The Morgan fingerprint density at radius 1 is 1.18 bits per heavy atom. The van der Waals surface area contributed by atoms with Gasteiger partial charge in [0.15, 0.2) is 5.72 Å². The Labute approximate surface area is 224 Å². The summed E-state index contributed by atoms with van der Waals surface area (Å²) in [6, 6.07) is 21.0. The van der Waals surface area contributed by atoms with Gasteiger partial charge in [-0.25, -0.2) is 0 Å². The number of anilines is 1. The Hall–Kier alpha value is -4.20. The van der Waals surface area contributed by atoms with Crippen molar-refractivity contribution < 1.29 is 28.6 Å². The van der Waals surface area contributed by atoms with E-state index >= 15 is 0 Å². The lowest BCUT2D eigenvalue weighted by Crippen LogP contribution is -2.56. The number of aliphatic hydroxyl groups is 1. The van der Waals surface area contributed by atoms with Crippen LogP contribution in [0.25, 0.3) is 0 Å². The van der Waals surface area contributed by atoms with E-state index in [1.807, 2.05) is 0 Å². The number of amides is 1. The third kappa shape index (κ3) is 5.54. The molecule has 3 N–H and O–H groups in total. The lowest BCUT2D eigenvalue weighted by atomic mass is 9.73. The minimum atomic E-state index is -1.96. The molecule has 196 valence electrons. The molecule has 0 fully saturated rings. The van der Waals surface area contributed by atoms with Crippen molar-refractivity contribution in [2.75, 3.05) is 24.8 Å². The van der Waals surface area contributed by atoms with Crippen molar-refractivity contribution in [2.24, 2.45) is 5.92 Å². The molecule has 3 aromatic rings. The Balaban J connectivity index is 1.72. The molecule has 2 aromatic carbocycles. The average Bonchev–Trinajstić information content (AvgIpc) is 3.47. The van der Waals surface area contributed by atoms with Gasteiger partial charge in [0, 0.05) is 17.3 Å². The van der Waals surface area contributed by atoms with E-state index in [1.54, 1.807) is 73.7 Å². The van der Waals surface area contributed by atoms with Gasteiger partial charge in [0.05, 0.1) is 48.3 Å². The van der Waals surface area contributed by atoms with Crippen molar-refractivity contribution in [3.63, 3.8) is 0 Å². The van der Waals surface area contributed by atoms with E-state index in [9.17, 15) is 20.0 Å². The maximum atomic E-state index is 13.3. The normalized spacial score (nSPS) is 20.7. The minimum absolute atomic E-state index is 0.0788. The number of hydrogen-bond donors (Lipinski definition) is 3. The van der Waals surface area contributed by atoms with Gasteiger partial charge in [-0.2, -0.15) is 5.26 Å². The number of carbonyl (C=O) groups is 2. The molecule has 0 unspecified atom stereocenters. The number of rotatable bonds is 9.